The smallest absolute Gasteiger partial charge is 0.254 e. The minimum atomic E-state index is -0.145. The number of nitrogens with one attached hydrogen (secondary N) is 1. The Hall–Kier alpha value is -0.610. The number of hydrogen-bond donors (Lipinski definition) is 1. The molecular weight excluding hydrogens is 316 g/mol. The van der Waals surface area contributed by atoms with Gasteiger partial charge >= 0.3 is 0 Å². The Labute approximate surface area is 120 Å². The van der Waals surface area contributed by atoms with Gasteiger partial charge in [-0.2, -0.15) is 0 Å². The van der Waals surface area contributed by atoms with Crippen molar-refractivity contribution < 1.29 is 4.79 Å². The van der Waals surface area contributed by atoms with Gasteiger partial charge in [0.15, 0.2) is 0 Å². The van der Waals surface area contributed by atoms with E-state index in [0.29, 0.717) is 11.5 Å². The standard InChI is InChI=1S/C13H16BrClN2O/c1-8(9-4-2-3-5-9)17-13(18)11-6-10(14)7-16-12(11)15/h6-9H,2-5H2,1H3,(H,17,18). The molecule has 1 aliphatic rings. The lowest BCUT2D eigenvalue weighted by Crippen LogP contribution is -2.37. The summed E-state index contributed by atoms with van der Waals surface area (Å²) >= 11 is 9.24. The van der Waals surface area contributed by atoms with Gasteiger partial charge in [-0.1, -0.05) is 24.4 Å². The molecule has 0 bridgehead atoms. The SMILES string of the molecule is CC(NC(=O)c1cc(Br)cnc1Cl)C1CCCC1. The largest absolute Gasteiger partial charge is 0.349 e. The summed E-state index contributed by atoms with van der Waals surface area (Å²) in [5.74, 6) is 0.445. The molecule has 0 saturated heterocycles. The molecule has 98 valence electrons. The van der Waals surface area contributed by atoms with Crippen molar-refractivity contribution in [3.05, 3.63) is 27.5 Å². The predicted molar refractivity (Wildman–Crippen MR) is 75.8 cm³/mol. The number of aromatic nitrogens is 1. The van der Waals surface area contributed by atoms with Crippen LogP contribution < -0.4 is 5.32 Å². The van der Waals surface area contributed by atoms with Crippen molar-refractivity contribution in [2.75, 3.05) is 0 Å². The highest BCUT2D eigenvalue weighted by Crippen LogP contribution is 2.28. The predicted octanol–water partition coefficient (Wildman–Crippen LogP) is 3.81. The normalized spacial score (nSPS) is 17.7. The molecule has 1 aromatic heterocycles. The average molecular weight is 332 g/mol. The molecule has 18 heavy (non-hydrogen) atoms. The Balaban J connectivity index is 2.04. The number of pyridine rings is 1. The van der Waals surface area contributed by atoms with Gasteiger partial charge in [-0.05, 0) is 47.7 Å². The van der Waals surface area contributed by atoms with Crippen LogP contribution in [-0.4, -0.2) is 16.9 Å². The monoisotopic (exact) mass is 330 g/mol. The van der Waals surface area contributed by atoms with Gasteiger partial charge in [-0.3, -0.25) is 4.79 Å². The summed E-state index contributed by atoms with van der Waals surface area (Å²) in [6.45, 7) is 2.06. The first-order valence-electron chi connectivity index (χ1n) is 6.20. The summed E-state index contributed by atoms with van der Waals surface area (Å²) in [5.41, 5.74) is 0.427. The summed E-state index contributed by atoms with van der Waals surface area (Å²) in [6, 6.07) is 1.89. The van der Waals surface area contributed by atoms with Gasteiger partial charge in [0.05, 0.1) is 5.56 Å². The quantitative estimate of drug-likeness (QED) is 0.856. The Kier molecular flexibility index (Phi) is 4.62. The molecule has 1 saturated carbocycles. The number of rotatable bonds is 3. The fraction of sp³-hybridized carbons (Fsp3) is 0.538. The molecule has 1 fully saturated rings. The van der Waals surface area contributed by atoms with Crippen molar-refractivity contribution in [3.63, 3.8) is 0 Å². The van der Waals surface area contributed by atoms with Gasteiger partial charge in [0, 0.05) is 16.7 Å². The molecule has 5 heteroatoms. The molecule has 1 N–H and O–H groups in total. The third-order valence-corrected chi connectivity index (χ3v) is 4.25. The topological polar surface area (TPSA) is 42.0 Å². The molecule has 1 unspecified atom stereocenters. The van der Waals surface area contributed by atoms with Gasteiger partial charge < -0.3 is 5.32 Å². The first-order valence-corrected chi connectivity index (χ1v) is 7.37. The van der Waals surface area contributed by atoms with Crippen molar-refractivity contribution in [1.29, 1.82) is 0 Å². The lowest BCUT2D eigenvalue weighted by molar-refractivity contribution is 0.0927. The van der Waals surface area contributed by atoms with E-state index in [2.05, 4.69) is 33.2 Å². The van der Waals surface area contributed by atoms with Crippen LogP contribution in [0.15, 0.2) is 16.7 Å². The molecule has 1 heterocycles. The lowest BCUT2D eigenvalue weighted by atomic mass is 9.99. The van der Waals surface area contributed by atoms with Gasteiger partial charge in [0.2, 0.25) is 0 Å². The van der Waals surface area contributed by atoms with Crippen molar-refractivity contribution >= 4 is 33.4 Å². The van der Waals surface area contributed by atoms with E-state index in [1.54, 1.807) is 12.3 Å². The maximum atomic E-state index is 12.1. The van der Waals surface area contributed by atoms with Crippen LogP contribution in [0.1, 0.15) is 43.0 Å². The van der Waals surface area contributed by atoms with E-state index < -0.39 is 0 Å². The summed E-state index contributed by atoms with van der Waals surface area (Å²) in [4.78, 5) is 16.1. The van der Waals surface area contributed by atoms with Gasteiger partial charge in [0.25, 0.3) is 5.91 Å². The summed E-state index contributed by atoms with van der Waals surface area (Å²) in [6.07, 6.45) is 6.52. The van der Waals surface area contributed by atoms with E-state index in [0.717, 1.165) is 4.47 Å². The number of carbonyl (C=O) groups is 1. The molecule has 1 aromatic rings. The third kappa shape index (κ3) is 3.23. The Morgan fingerprint density at radius 2 is 2.22 bits per heavy atom. The highest BCUT2D eigenvalue weighted by Gasteiger charge is 2.24. The molecule has 1 atom stereocenters. The Morgan fingerprint density at radius 1 is 1.56 bits per heavy atom. The summed E-state index contributed by atoms with van der Waals surface area (Å²) < 4.78 is 0.755. The molecule has 0 aliphatic heterocycles. The fourth-order valence-electron chi connectivity index (χ4n) is 2.44. The first kappa shape index (κ1) is 13.8. The van der Waals surface area contributed by atoms with E-state index in [1.165, 1.54) is 25.7 Å². The van der Waals surface area contributed by atoms with E-state index in [1.807, 2.05) is 0 Å². The van der Waals surface area contributed by atoms with Crippen LogP contribution in [-0.2, 0) is 0 Å². The highest BCUT2D eigenvalue weighted by molar-refractivity contribution is 9.10. The second-order valence-electron chi connectivity index (χ2n) is 4.80. The van der Waals surface area contributed by atoms with Gasteiger partial charge in [0.1, 0.15) is 5.15 Å². The molecule has 0 aromatic carbocycles. The number of amides is 1. The van der Waals surface area contributed by atoms with Crippen molar-refractivity contribution in [1.82, 2.24) is 10.3 Å². The average Bonchev–Trinajstić information content (AvgIpc) is 2.85. The number of carbonyl (C=O) groups excluding carboxylic acids is 1. The summed E-state index contributed by atoms with van der Waals surface area (Å²) in [7, 11) is 0. The zero-order chi connectivity index (χ0) is 13.1. The second-order valence-corrected chi connectivity index (χ2v) is 6.07. The maximum absolute atomic E-state index is 12.1. The first-order chi connectivity index (χ1) is 8.58. The van der Waals surface area contributed by atoms with Crippen LogP contribution in [0.25, 0.3) is 0 Å². The number of halogens is 2. The van der Waals surface area contributed by atoms with E-state index in [4.69, 9.17) is 11.6 Å². The van der Waals surface area contributed by atoms with Crippen molar-refractivity contribution in [2.24, 2.45) is 5.92 Å². The van der Waals surface area contributed by atoms with Gasteiger partial charge in [-0.25, -0.2) is 4.98 Å². The van der Waals surface area contributed by atoms with E-state index in [9.17, 15) is 4.79 Å². The molecule has 0 radical (unpaired) electrons. The lowest BCUT2D eigenvalue weighted by Gasteiger charge is -2.20. The van der Waals surface area contributed by atoms with Crippen LogP contribution in [0.4, 0.5) is 0 Å². The minimum Gasteiger partial charge on any atom is -0.349 e. The number of nitrogens with zero attached hydrogens (tertiary/aromatic N) is 1. The van der Waals surface area contributed by atoms with Gasteiger partial charge in [-0.15, -0.1) is 0 Å². The minimum absolute atomic E-state index is 0.145. The number of hydrogen-bond acceptors (Lipinski definition) is 2. The van der Waals surface area contributed by atoms with E-state index >= 15 is 0 Å². The molecule has 1 amide bonds. The third-order valence-electron chi connectivity index (χ3n) is 3.52. The molecule has 3 nitrogen and oxygen atoms in total. The van der Waals surface area contributed by atoms with Crippen molar-refractivity contribution in [2.45, 2.75) is 38.6 Å². The molecular formula is C13H16BrClN2O. The fourth-order valence-corrected chi connectivity index (χ4v) is 2.96. The van der Waals surface area contributed by atoms with Crippen LogP contribution in [0.5, 0.6) is 0 Å². The van der Waals surface area contributed by atoms with Crippen LogP contribution in [0.3, 0.4) is 0 Å². The van der Waals surface area contributed by atoms with Crippen LogP contribution >= 0.6 is 27.5 Å². The molecule has 2 rings (SSSR count). The van der Waals surface area contributed by atoms with Crippen LogP contribution in [0.2, 0.25) is 5.15 Å². The van der Waals surface area contributed by atoms with E-state index in [-0.39, 0.29) is 17.1 Å². The summed E-state index contributed by atoms with van der Waals surface area (Å²) in [5, 5.41) is 3.27. The highest BCUT2D eigenvalue weighted by atomic mass is 79.9. The zero-order valence-electron chi connectivity index (χ0n) is 10.2. The molecule has 1 aliphatic carbocycles. The molecule has 0 spiro atoms. The Morgan fingerprint density at radius 3 is 2.89 bits per heavy atom. The van der Waals surface area contributed by atoms with Crippen LogP contribution in [0, 0.1) is 5.92 Å². The second kappa shape index (κ2) is 6.02. The van der Waals surface area contributed by atoms with Crippen molar-refractivity contribution in [3.8, 4) is 0 Å². The zero-order valence-corrected chi connectivity index (χ0v) is 12.6. The maximum Gasteiger partial charge on any atom is 0.254 e. The Bertz CT molecular complexity index is 447.